The average Bonchev–Trinajstić information content (AvgIpc) is 2.31. The highest BCUT2D eigenvalue weighted by atomic mass is 14.7. The molecule has 0 aliphatic carbocycles. The third-order valence-corrected chi connectivity index (χ3v) is 3.61. The van der Waals surface area contributed by atoms with Gasteiger partial charge in [-0.3, -0.25) is 5.41 Å². The van der Waals surface area contributed by atoms with Crippen molar-refractivity contribution in [2.75, 3.05) is 0 Å². The number of nitrogens with one attached hydrogen (secondary N) is 1. The van der Waals surface area contributed by atoms with Crippen LogP contribution in [-0.4, -0.2) is 5.84 Å². The van der Waals surface area contributed by atoms with Crippen molar-refractivity contribution in [2.24, 2.45) is 5.73 Å². The Labute approximate surface area is 111 Å². The van der Waals surface area contributed by atoms with Gasteiger partial charge in [-0.05, 0) is 37.0 Å². The summed E-state index contributed by atoms with van der Waals surface area (Å²) >= 11 is 0. The van der Waals surface area contributed by atoms with Gasteiger partial charge in [0.1, 0.15) is 0 Å². The smallest absolute Gasteiger partial charge is 0.0982 e. The normalized spacial score (nSPS) is 12.4. The van der Waals surface area contributed by atoms with Gasteiger partial charge in [0.05, 0.1) is 5.84 Å². The maximum absolute atomic E-state index is 7.84. The van der Waals surface area contributed by atoms with Crippen LogP contribution in [0.1, 0.15) is 61.6 Å². The van der Waals surface area contributed by atoms with Crippen molar-refractivity contribution >= 4 is 5.84 Å². The molecule has 3 N–H and O–H groups in total. The van der Waals surface area contributed by atoms with Crippen molar-refractivity contribution in [3.05, 3.63) is 34.9 Å². The second kappa shape index (κ2) is 7.20. The molecular weight excluding hydrogens is 220 g/mol. The molecule has 1 unspecified atom stereocenters. The molecule has 0 radical (unpaired) electrons. The molecule has 0 aliphatic rings. The summed E-state index contributed by atoms with van der Waals surface area (Å²) in [5.74, 6) is 0.409. The first-order valence-corrected chi connectivity index (χ1v) is 6.98. The molecule has 2 nitrogen and oxygen atoms in total. The summed E-state index contributed by atoms with van der Waals surface area (Å²) in [7, 11) is 0. The predicted molar refractivity (Wildman–Crippen MR) is 79.3 cm³/mol. The van der Waals surface area contributed by atoms with E-state index in [2.05, 4.69) is 39.0 Å². The SMILES string of the molecule is CCCCCCC(C(=N)N)c1c(C)cccc1C. The summed E-state index contributed by atoms with van der Waals surface area (Å²) in [6.45, 7) is 6.45. The summed E-state index contributed by atoms with van der Waals surface area (Å²) in [5.41, 5.74) is 9.58. The minimum atomic E-state index is 0.100. The first kappa shape index (κ1) is 14.7. The first-order chi connectivity index (χ1) is 8.57. The Hall–Kier alpha value is -1.31. The number of nitrogens with two attached hydrogens (primary N) is 1. The number of aryl methyl sites for hydroxylation is 2. The van der Waals surface area contributed by atoms with Crippen molar-refractivity contribution in [3.63, 3.8) is 0 Å². The van der Waals surface area contributed by atoms with E-state index in [9.17, 15) is 0 Å². The van der Waals surface area contributed by atoms with Crippen LogP contribution in [0, 0.1) is 19.3 Å². The van der Waals surface area contributed by atoms with Crippen LogP contribution >= 0.6 is 0 Å². The fraction of sp³-hybridized carbons (Fsp3) is 0.562. The van der Waals surface area contributed by atoms with Crippen LogP contribution in [0.5, 0.6) is 0 Å². The van der Waals surface area contributed by atoms with E-state index in [-0.39, 0.29) is 5.92 Å². The Morgan fingerprint density at radius 2 is 1.78 bits per heavy atom. The monoisotopic (exact) mass is 246 g/mol. The molecule has 1 rings (SSSR count). The Morgan fingerprint density at radius 1 is 1.17 bits per heavy atom. The molecule has 0 amide bonds. The van der Waals surface area contributed by atoms with Crippen molar-refractivity contribution in [2.45, 2.75) is 58.8 Å². The van der Waals surface area contributed by atoms with Crippen molar-refractivity contribution < 1.29 is 0 Å². The maximum atomic E-state index is 7.84. The lowest BCUT2D eigenvalue weighted by molar-refractivity contribution is 0.610. The highest BCUT2D eigenvalue weighted by molar-refractivity contribution is 5.85. The summed E-state index contributed by atoms with van der Waals surface area (Å²) < 4.78 is 0. The molecule has 18 heavy (non-hydrogen) atoms. The molecule has 100 valence electrons. The van der Waals surface area contributed by atoms with Crippen LogP contribution in [0.15, 0.2) is 18.2 Å². The number of unbranched alkanes of at least 4 members (excludes halogenated alkanes) is 3. The molecule has 0 fully saturated rings. The van der Waals surface area contributed by atoms with Gasteiger partial charge in [0.2, 0.25) is 0 Å². The van der Waals surface area contributed by atoms with Gasteiger partial charge >= 0.3 is 0 Å². The zero-order valence-electron chi connectivity index (χ0n) is 11.9. The van der Waals surface area contributed by atoms with Crippen LogP contribution < -0.4 is 5.73 Å². The molecule has 0 bridgehead atoms. The number of amidine groups is 1. The van der Waals surface area contributed by atoms with Crippen molar-refractivity contribution in [1.82, 2.24) is 0 Å². The third kappa shape index (κ3) is 3.86. The van der Waals surface area contributed by atoms with Crippen LogP contribution in [0.2, 0.25) is 0 Å². The topological polar surface area (TPSA) is 49.9 Å². The van der Waals surface area contributed by atoms with E-state index >= 15 is 0 Å². The average molecular weight is 246 g/mol. The molecule has 0 heterocycles. The Balaban J connectivity index is 2.81. The van der Waals surface area contributed by atoms with E-state index in [4.69, 9.17) is 11.1 Å². The molecule has 1 atom stereocenters. The molecule has 2 heteroatoms. The zero-order valence-corrected chi connectivity index (χ0v) is 11.9. The molecule has 0 aliphatic heterocycles. The van der Waals surface area contributed by atoms with Gasteiger partial charge in [0.15, 0.2) is 0 Å². The highest BCUT2D eigenvalue weighted by Gasteiger charge is 2.18. The van der Waals surface area contributed by atoms with Crippen LogP contribution in [0.3, 0.4) is 0 Å². The lowest BCUT2D eigenvalue weighted by Gasteiger charge is -2.20. The molecule has 1 aromatic carbocycles. The van der Waals surface area contributed by atoms with E-state index in [1.807, 2.05) is 0 Å². The van der Waals surface area contributed by atoms with Crippen molar-refractivity contribution in [3.8, 4) is 0 Å². The lowest BCUT2D eigenvalue weighted by atomic mass is 9.86. The minimum absolute atomic E-state index is 0.100. The summed E-state index contributed by atoms with van der Waals surface area (Å²) in [6, 6.07) is 6.30. The van der Waals surface area contributed by atoms with Gasteiger partial charge in [-0.15, -0.1) is 0 Å². The standard InChI is InChI=1S/C16H26N2/c1-4-5-6-7-11-14(16(17)18)15-12(2)9-8-10-13(15)3/h8-10,14H,4-7,11H2,1-3H3,(H3,17,18). The second-order valence-electron chi connectivity index (χ2n) is 5.16. The van der Waals surface area contributed by atoms with Crippen molar-refractivity contribution in [1.29, 1.82) is 5.41 Å². The summed E-state index contributed by atoms with van der Waals surface area (Å²) in [4.78, 5) is 0. The number of benzene rings is 1. The number of hydrogen-bond donors (Lipinski definition) is 2. The van der Waals surface area contributed by atoms with Crippen LogP contribution in [0.4, 0.5) is 0 Å². The van der Waals surface area contributed by atoms with Gasteiger partial charge in [-0.25, -0.2) is 0 Å². The highest BCUT2D eigenvalue weighted by Crippen LogP contribution is 2.28. The predicted octanol–water partition coefficient (Wildman–Crippen LogP) is 4.29. The number of rotatable bonds is 7. The third-order valence-electron chi connectivity index (χ3n) is 3.61. The molecule has 1 aromatic rings. The van der Waals surface area contributed by atoms with E-state index in [0.717, 1.165) is 12.8 Å². The Morgan fingerprint density at radius 3 is 2.28 bits per heavy atom. The fourth-order valence-electron chi connectivity index (χ4n) is 2.61. The van der Waals surface area contributed by atoms with E-state index in [0.29, 0.717) is 5.84 Å². The van der Waals surface area contributed by atoms with E-state index < -0.39 is 0 Å². The minimum Gasteiger partial charge on any atom is -0.387 e. The summed E-state index contributed by atoms with van der Waals surface area (Å²) in [5, 5.41) is 7.84. The fourth-order valence-corrected chi connectivity index (χ4v) is 2.61. The van der Waals surface area contributed by atoms with Gasteiger partial charge in [0.25, 0.3) is 0 Å². The molecular formula is C16H26N2. The van der Waals surface area contributed by atoms with E-state index in [1.54, 1.807) is 0 Å². The van der Waals surface area contributed by atoms with Gasteiger partial charge < -0.3 is 5.73 Å². The second-order valence-corrected chi connectivity index (χ2v) is 5.16. The van der Waals surface area contributed by atoms with E-state index in [1.165, 1.54) is 36.0 Å². The zero-order chi connectivity index (χ0) is 13.5. The Bertz CT molecular complexity index is 376. The lowest BCUT2D eigenvalue weighted by Crippen LogP contribution is -2.22. The van der Waals surface area contributed by atoms with Gasteiger partial charge in [-0.2, -0.15) is 0 Å². The molecule has 0 saturated carbocycles. The summed E-state index contributed by atoms with van der Waals surface area (Å²) in [6.07, 6.45) is 5.92. The first-order valence-electron chi connectivity index (χ1n) is 6.98. The number of hydrogen-bond acceptors (Lipinski definition) is 1. The van der Waals surface area contributed by atoms with Gasteiger partial charge in [0, 0.05) is 5.92 Å². The molecule has 0 spiro atoms. The van der Waals surface area contributed by atoms with Crippen LogP contribution in [0.25, 0.3) is 0 Å². The quantitative estimate of drug-likeness (QED) is 0.421. The maximum Gasteiger partial charge on any atom is 0.0982 e. The molecule has 0 aromatic heterocycles. The van der Waals surface area contributed by atoms with Crippen LogP contribution in [-0.2, 0) is 0 Å². The Kier molecular flexibility index (Phi) is 5.90. The van der Waals surface area contributed by atoms with Gasteiger partial charge in [-0.1, -0.05) is 50.8 Å². The molecule has 0 saturated heterocycles. The largest absolute Gasteiger partial charge is 0.387 e.